The first-order valence-corrected chi connectivity index (χ1v) is 11.0. The second kappa shape index (κ2) is 8.66. The maximum atomic E-state index is 10.4. The predicted molar refractivity (Wildman–Crippen MR) is 113 cm³/mol. The van der Waals surface area contributed by atoms with E-state index in [1.54, 1.807) is 0 Å². The van der Waals surface area contributed by atoms with Crippen LogP contribution in [0.2, 0.25) is 0 Å². The topological polar surface area (TPSA) is 35.9 Å². The summed E-state index contributed by atoms with van der Waals surface area (Å²) < 4.78 is 5.91. The van der Waals surface area contributed by atoms with Gasteiger partial charge in [-0.3, -0.25) is 9.80 Å². The maximum Gasteiger partial charge on any atom is 0.0900 e. The van der Waals surface area contributed by atoms with Crippen molar-refractivity contribution in [2.45, 2.75) is 39.3 Å². The van der Waals surface area contributed by atoms with Crippen molar-refractivity contribution in [2.75, 3.05) is 45.9 Å². The van der Waals surface area contributed by atoms with Crippen LogP contribution in [0, 0.1) is 17.3 Å². The van der Waals surface area contributed by atoms with E-state index in [1.807, 2.05) is 0 Å². The molecule has 154 valence electrons. The molecular formula is C24H36N2O2. The fraction of sp³-hybridized carbons (Fsp3) is 0.667. The van der Waals surface area contributed by atoms with Gasteiger partial charge in [0.15, 0.2) is 0 Å². The molecule has 1 aromatic rings. The van der Waals surface area contributed by atoms with E-state index < -0.39 is 6.10 Å². The highest BCUT2D eigenvalue weighted by Crippen LogP contribution is 2.59. The zero-order valence-corrected chi connectivity index (χ0v) is 17.5. The van der Waals surface area contributed by atoms with E-state index in [-0.39, 0.29) is 0 Å². The zero-order chi connectivity index (χ0) is 19.6. The Morgan fingerprint density at radius 2 is 1.82 bits per heavy atom. The van der Waals surface area contributed by atoms with Crippen molar-refractivity contribution in [2.24, 2.45) is 17.3 Å². The number of ether oxygens (including phenoxy) is 1. The van der Waals surface area contributed by atoms with Gasteiger partial charge in [-0.25, -0.2) is 0 Å². The van der Waals surface area contributed by atoms with E-state index >= 15 is 0 Å². The van der Waals surface area contributed by atoms with Crippen molar-refractivity contribution in [1.29, 1.82) is 0 Å². The van der Waals surface area contributed by atoms with Crippen molar-refractivity contribution < 1.29 is 9.84 Å². The molecule has 0 spiro atoms. The van der Waals surface area contributed by atoms with Crippen LogP contribution in [0.25, 0.3) is 0 Å². The molecule has 2 fully saturated rings. The Morgan fingerprint density at radius 1 is 1.11 bits per heavy atom. The van der Waals surface area contributed by atoms with Crippen molar-refractivity contribution in [3.63, 3.8) is 0 Å². The van der Waals surface area contributed by atoms with Crippen LogP contribution in [0.15, 0.2) is 42.0 Å². The van der Waals surface area contributed by atoms with Gasteiger partial charge in [-0.05, 0) is 41.2 Å². The molecule has 0 aromatic heterocycles. The minimum atomic E-state index is -0.396. The van der Waals surface area contributed by atoms with Crippen LogP contribution < -0.4 is 0 Å². The largest absolute Gasteiger partial charge is 0.389 e. The zero-order valence-electron chi connectivity index (χ0n) is 17.5. The van der Waals surface area contributed by atoms with Crippen LogP contribution in [0.3, 0.4) is 0 Å². The second-order valence-corrected chi connectivity index (χ2v) is 9.55. The Kier molecular flexibility index (Phi) is 6.21. The third kappa shape index (κ3) is 4.51. The maximum absolute atomic E-state index is 10.4. The van der Waals surface area contributed by atoms with Crippen LogP contribution in [0.1, 0.15) is 32.3 Å². The minimum absolute atomic E-state index is 0.396. The summed E-state index contributed by atoms with van der Waals surface area (Å²) in [5.74, 6) is 1.56. The predicted octanol–water partition coefficient (Wildman–Crippen LogP) is 3.17. The van der Waals surface area contributed by atoms with Crippen LogP contribution in [0.4, 0.5) is 0 Å². The average Bonchev–Trinajstić information content (AvgIpc) is 2.70. The molecular weight excluding hydrogens is 348 g/mol. The van der Waals surface area contributed by atoms with E-state index in [0.29, 0.717) is 24.5 Å². The third-order valence-electron chi connectivity index (χ3n) is 7.34. The van der Waals surface area contributed by atoms with Gasteiger partial charge >= 0.3 is 0 Å². The first-order chi connectivity index (χ1) is 13.5. The quantitative estimate of drug-likeness (QED) is 0.699. The SMILES string of the molecule is CC1(C)C2CC=C(COCC(O)CN3CCN(Cc4ccccc4)CC3)C1C2. The minimum Gasteiger partial charge on any atom is -0.389 e. The van der Waals surface area contributed by atoms with Gasteiger partial charge < -0.3 is 9.84 Å². The lowest BCUT2D eigenvalue weighted by atomic mass is 9.49. The van der Waals surface area contributed by atoms with Gasteiger partial charge in [-0.2, -0.15) is 0 Å². The summed E-state index contributed by atoms with van der Waals surface area (Å²) in [5, 5.41) is 10.4. The molecule has 0 amide bonds. The molecule has 1 heterocycles. The lowest BCUT2D eigenvalue weighted by Crippen LogP contribution is -2.49. The molecule has 1 saturated heterocycles. The van der Waals surface area contributed by atoms with Crippen LogP contribution in [-0.4, -0.2) is 66.9 Å². The highest BCUT2D eigenvalue weighted by Gasteiger charge is 2.50. The number of benzene rings is 1. The van der Waals surface area contributed by atoms with Crippen LogP contribution >= 0.6 is 0 Å². The van der Waals surface area contributed by atoms with E-state index in [2.05, 4.69) is 60.1 Å². The summed E-state index contributed by atoms with van der Waals surface area (Å²) in [4.78, 5) is 4.87. The van der Waals surface area contributed by atoms with Gasteiger partial charge in [0.05, 0.1) is 19.3 Å². The molecule has 1 N–H and O–H groups in total. The van der Waals surface area contributed by atoms with Gasteiger partial charge in [-0.1, -0.05) is 50.3 Å². The van der Waals surface area contributed by atoms with Crippen molar-refractivity contribution >= 4 is 0 Å². The molecule has 4 aliphatic rings. The summed E-state index contributed by atoms with van der Waals surface area (Å²) in [7, 11) is 0. The molecule has 1 aliphatic heterocycles. The molecule has 1 saturated carbocycles. The van der Waals surface area contributed by atoms with Crippen molar-refractivity contribution in [1.82, 2.24) is 9.80 Å². The molecule has 3 unspecified atom stereocenters. The first kappa shape index (κ1) is 20.1. The number of hydrogen-bond acceptors (Lipinski definition) is 4. The van der Waals surface area contributed by atoms with Gasteiger partial charge in [-0.15, -0.1) is 0 Å². The number of β-amino-alcohol motifs (C(OH)–C–C–N with tert-alkyl or cyclic N) is 1. The highest BCUT2D eigenvalue weighted by molar-refractivity contribution is 5.23. The molecule has 28 heavy (non-hydrogen) atoms. The highest BCUT2D eigenvalue weighted by atomic mass is 16.5. The monoisotopic (exact) mass is 384 g/mol. The van der Waals surface area contributed by atoms with Crippen molar-refractivity contribution in [3.8, 4) is 0 Å². The van der Waals surface area contributed by atoms with Gasteiger partial charge in [0.1, 0.15) is 0 Å². The lowest BCUT2D eigenvalue weighted by Gasteiger charge is -2.56. The molecule has 4 nitrogen and oxygen atoms in total. The normalized spacial score (nSPS) is 28.5. The third-order valence-corrected chi connectivity index (χ3v) is 7.34. The first-order valence-electron chi connectivity index (χ1n) is 11.0. The Bertz CT molecular complexity index is 664. The Balaban J connectivity index is 1.13. The molecule has 4 heteroatoms. The van der Waals surface area contributed by atoms with Gasteiger partial charge in [0.25, 0.3) is 0 Å². The van der Waals surface area contributed by atoms with E-state index in [9.17, 15) is 5.11 Å². The Morgan fingerprint density at radius 3 is 2.50 bits per heavy atom. The average molecular weight is 385 g/mol. The molecule has 1 aromatic carbocycles. The Labute approximate surface area is 170 Å². The fourth-order valence-electron chi connectivity index (χ4n) is 5.28. The summed E-state index contributed by atoms with van der Waals surface area (Å²) in [6.45, 7) is 11.8. The second-order valence-electron chi connectivity index (χ2n) is 9.55. The van der Waals surface area contributed by atoms with Gasteiger partial charge in [0, 0.05) is 39.3 Å². The van der Waals surface area contributed by atoms with E-state index in [4.69, 9.17) is 4.74 Å². The number of aliphatic hydroxyl groups is 1. The lowest BCUT2D eigenvalue weighted by molar-refractivity contribution is -0.0275. The molecule has 0 radical (unpaired) electrons. The van der Waals surface area contributed by atoms with Gasteiger partial charge in [0.2, 0.25) is 0 Å². The number of fused-ring (bicyclic) bond motifs is 1. The number of piperazine rings is 1. The number of rotatable bonds is 8. The number of aliphatic hydroxyl groups excluding tert-OH is 1. The summed E-state index contributed by atoms with van der Waals surface area (Å²) in [6.07, 6.45) is 4.53. The van der Waals surface area contributed by atoms with Crippen molar-refractivity contribution in [3.05, 3.63) is 47.5 Å². The van der Waals surface area contributed by atoms with E-state index in [0.717, 1.165) is 45.2 Å². The standard InChI is InChI=1S/C24H36N2O2/c1-24(2)21-9-8-20(23(24)14-21)17-28-18-22(27)16-26-12-10-25(11-13-26)15-19-6-4-3-5-7-19/h3-8,21-23,27H,9-18H2,1-2H3. The fourth-order valence-corrected chi connectivity index (χ4v) is 5.28. The Hall–Kier alpha value is -1.20. The molecule has 3 atom stereocenters. The molecule has 5 rings (SSSR count). The van der Waals surface area contributed by atoms with Crippen LogP contribution in [0.5, 0.6) is 0 Å². The smallest absolute Gasteiger partial charge is 0.0900 e. The molecule has 3 aliphatic carbocycles. The summed E-state index contributed by atoms with van der Waals surface area (Å²) >= 11 is 0. The number of allylic oxidation sites excluding steroid dienone is 1. The number of nitrogens with zero attached hydrogens (tertiary/aromatic N) is 2. The molecule has 2 bridgehead atoms. The van der Waals surface area contributed by atoms with Crippen LogP contribution in [-0.2, 0) is 11.3 Å². The summed E-state index contributed by atoms with van der Waals surface area (Å²) in [5.41, 5.74) is 3.29. The van der Waals surface area contributed by atoms with E-state index in [1.165, 1.54) is 24.0 Å². The summed E-state index contributed by atoms with van der Waals surface area (Å²) in [6, 6.07) is 10.7. The number of hydrogen-bond donors (Lipinski definition) is 1.